The normalized spacial score (nSPS) is 11.0. The lowest BCUT2D eigenvalue weighted by atomic mass is 10.1. The Kier molecular flexibility index (Phi) is 4.42. The molecule has 118 valence electrons. The minimum atomic E-state index is 0.0252. The van der Waals surface area contributed by atoms with Gasteiger partial charge in [0.25, 0.3) is 0 Å². The number of aliphatic hydroxyl groups is 1. The molecule has 6 nitrogen and oxygen atoms in total. The van der Waals surface area contributed by atoms with Crippen LogP contribution in [0.2, 0.25) is 0 Å². The number of fused-ring (bicyclic) bond motifs is 3. The molecule has 3 aromatic rings. The third-order valence-electron chi connectivity index (χ3n) is 3.75. The maximum absolute atomic E-state index is 9.46. The van der Waals surface area contributed by atoms with Crippen LogP contribution in [0.3, 0.4) is 0 Å². The molecular formula is C17H19N4O2+. The zero-order valence-electron chi connectivity index (χ0n) is 13.0. The maximum atomic E-state index is 9.46. The van der Waals surface area contributed by atoms with Crippen LogP contribution in [0.25, 0.3) is 16.7 Å². The fraction of sp³-hybridized carbons (Fsp3) is 0.294. The Morgan fingerprint density at radius 2 is 2.17 bits per heavy atom. The van der Waals surface area contributed by atoms with Crippen LogP contribution in [0.1, 0.15) is 11.1 Å². The van der Waals surface area contributed by atoms with Crippen molar-refractivity contribution in [2.75, 3.05) is 31.7 Å². The minimum absolute atomic E-state index is 0.0252. The highest BCUT2D eigenvalue weighted by Crippen LogP contribution is 2.19. The van der Waals surface area contributed by atoms with E-state index in [1.165, 1.54) is 0 Å². The van der Waals surface area contributed by atoms with Gasteiger partial charge < -0.3 is 15.2 Å². The van der Waals surface area contributed by atoms with E-state index in [-0.39, 0.29) is 6.61 Å². The fourth-order valence-corrected chi connectivity index (χ4v) is 2.72. The second-order valence-corrected chi connectivity index (χ2v) is 5.29. The molecule has 0 saturated carbocycles. The minimum Gasteiger partial charge on any atom is -0.394 e. The monoisotopic (exact) mass is 311 g/mol. The van der Waals surface area contributed by atoms with Gasteiger partial charge in [0.15, 0.2) is 0 Å². The Morgan fingerprint density at radius 1 is 1.35 bits per heavy atom. The lowest BCUT2D eigenvalue weighted by Gasteiger charge is -2.07. The molecule has 0 spiro atoms. The highest BCUT2D eigenvalue weighted by atomic mass is 16.5. The smallest absolute Gasteiger partial charge is 0.250 e. The standard InChI is InChI=1S/C17H18N4O2/c1-12-10-16(19-6-8-23-9-7-22)21-15-5-3-2-4-14(15)20-17(21)13(12)11-18/h2-5,10,22H,6-9H2,1H3,(H,19,20)/p+1. The first-order valence-electron chi connectivity index (χ1n) is 7.55. The molecule has 3 N–H and O–H groups in total. The van der Waals surface area contributed by atoms with E-state index in [2.05, 4.69) is 16.4 Å². The number of para-hydroxylation sites is 2. The first-order valence-corrected chi connectivity index (χ1v) is 7.55. The van der Waals surface area contributed by atoms with Gasteiger partial charge in [-0.15, -0.1) is 0 Å². The number of H-pyrrole nitrogens is 1. The largest absolute Gasteiger partial charge is 0.394 e. The molecule has 0 atom stereocenters. The van der Waals surface area contributed by atoms with E-state index < -0.39 is 0 Å². The van der Waals surface area contributed by atoms with Crippen LogP contribution in [0.4, 0.5) is 5.82 Å². The molecule has 2 heterocycles. The van der Waals surface area contributed by atoms with Crippen molar-refractivity contribution in [3.8, 4) is 6.07 Å². The van der Waals surface area contributed by atoms with Gasteiger partial charge in [-0.25, -0.2) is 0 Å². The molecule has 0 aliphatic heterocycles. The van der Waals surface area contributed by atoms with E-state index in [1.807, 2.05) is 41.7 Å². The fourth-order valence-electron chi connectivity index (χ4n) is 2.72. The number of hydrogen-bond donors (Lipinski definition) is 3. The Morgan fingerprint density at radius 3 is 2.96 bits per heavy atom. The lowest BCUT2D eigenvalue weighted by Crippen LogP contribution is -2.28. The molecule has 0 saturated heterocycles. The second kappa shape index (κ2) is 6.65. The summed E-state index contributed by atoms with van der Waals surface area (Å²) in [5.41, 5.74) is 4.33. The van der Waals surface area contributed by atoms with Crippen molar-refractivity contribution < 1.29 is 14.2 Å². The van der Waals surface area contributed by atoms with E-state index >= 15 is 0 Å². The van der Waals surface area contributed by atoms with Gasteiger partial charge in [0, 0.05) is 6.07 Å². The molecule has 0 radical (unpaired) electrons. The summed E-state index contributed by atoms with van der Waals surface area (Å²) in [4.78, 5) is 3.33. The van der Waals surface area contributed by atoms with E-state index in [1.54, 1.807) is 0 Å². The molecular weight excluding hydrogens is 292 g/mol. The maximum Gasteiger partial charge on any atom is 0.250 e. The summed E-state index contributed by atoms with van der Waals surface area (Å²) in [5, 5.41) is 21.5. The van der Waals surface area contributed by atoms with Crippen molar-refractivity contribution in [3.63, 3.8) is 0 Å². The number of rotatable bonds is 6. The van der Waals surface area contributed by atoms with E-state index in [0.29, 0.717) is 25.3 Å². The average molecular weight is 311 g/mol. The van der Waals surface area contributed by atoms with Gasteiger partial charge in [0.2, 0.25) is 11.5 Å². The number of anilines is 1. The summed E-state index contributed by atoms with van der Waals surface area (Å²) in [7, 11) is 0. The highest BCUT2D eigenvalue weighted by Gasteiger charge is 2.19. The number of benzene rings is 1. The van der Waals surface area contributed by atoms with Crippen molar-refractivity contribution >= 4 is 22.5 Å². The van der Waals surface area contributed by atoms with Crippen LogP contribution >= 0.6 is 0 Å². The van der Waals surface area contributed by atoms with Gasteiger partial charge in [-0.3, -0.25) is 4.98 Å². The molecule has 23 heavy (non-hydrogen) atoms. The second-order valence-electron chi connectivity index (χ2n) is 5.29. The van der Waals surface area contributed by atoms with Crippen molar-refractivity contribution in [2.24, 2.45) is 0 Å². The number of nitrogens with one attached hydrogen (secondary N) is 2. The van der Waals surface area contributed by atoms with Crippen molar-refractivity contribution in [1.82, 2.24) is 4.98 Å². The quantitative estimate of drug-likeness (QED) is 0.476. The third kappa shape index (κ3) is 2.84. The number of aliphatic hydroxyl groups excluding tert-OH is 1. The van der Waals surface area contributed by atoms with Crippen molar-refractivity contribution in [3.05, 3.63) is 41.5 Å². The molecule has 0 aliphatic rings. The Balaban J connectivity index is 2.05. The van der Waals surface area contributed by atoms with Crippen LogP contribution in [-0.2, 0) is 4.74 Å². The summed E-state index contributed by atoms with van der Waals surface area (Å²) in [5.74, 6) is 0.904. The van der Waals surface area contributed by atoms with Crippen LogP contribution < -0.4 is 9.72 Å². The molecule has 0 amide bonds. The summed E-state index contributed by atoms with van der Waals surface area (Å²) in [6, 6.07) is 12.2. The highest BCUT2D eigenvalue weighted by molar-refractivity contribution is 5.77. The number of hydrogen-bond acceptors (Lipinski definition) is 4. The predicted octanol–water partition coefficient (Wildman–Crippen LogP) is 1.51. The van der Waals surface area contributed by atoms with Crippen molar-refractivity contribution in [2.45, 2.75) is 6.92 Å². The molecule has 0 fully saturated rings. The summed E-state index contributed by atoms with van der Waals surface area (Å²) < 4.78 is 7.30. The van der Waals surface area contributed by atoms with E-state index in [9.17, 15) is 5.26 Å². The zero-order valence-corrected chi connectivity index (χ0v) is 13.0. The molecule has 6 heteroatoms. The Labute approximate surface area is 133 Å². The molecule has 3 rings (SSSR count). The van der Waals surface area contributed by atoms with Gasteiger partial charge in [-0.1, -0.05) is 12.1 Å². The first kappa shape index (κ1) is 15.3. The number of aromatic nitrogens is 2. The van der Waals surface area contributed by atoms with Crippen LogP contribution in [0, 0.1) is 18.3 Å². The summed E-state index contributed by atoms with van der Waals surface area (Å²) in [6.07, 6.45) is 0. The molecule has 2 aromatic heterocycles. The van der Waals surface area contributed by atoms with Gasteiger partial charge in [0.05, 0.1) is 26.4 Å². The number of ether oxygens (including phenoxy) is 1. The van der Waals surface area contributed by atoms with Gasteiger partial charge in [-0.2, -0.15) is 9.66 Å². The third-order valence-corrected chi connectivity index (χ3v) is 3.75. The lowest BCUT2D eigenvalue weighted by molar-refractivity contribution is -0.465. The molecule has 0 bridgehead atoms. The Hall–Kier alpha value is -2.62. The number of pyridine rings is 1. The summed E-state index contributed by atoms with van der Waals surface area (Å²) >= 11 is 0. The topological polar surface area (TPSA) is 85.2 Å². The van der Waals surface area contributed by atoms with Gasteiger partial charge in [0.1, 0.15) is 22.7 Å². The summed E-state index contributed by atoms with van der Waals surface area (Å²) in [6.45, 7) is 3.41. The van der Waals surface area contributed by atoms with Crippen LogP contribution in [0.5, 0.6) is 0 Å². The molecule has 0 aliphatic carbocycles. The number of aryl methyl sites for hydroxylation is 1. The SMILES string of the molecule is Cc1cc(NCCOCCO)[n+]2c([nH]c3ccccc32)c1C#N. The molecule has 1 aromatic carbocycles. The van der Waals surface area contributed by atoms with Gasteiger partial charge in [-0.05, 0) is 24.6 Å². The van der Waals surface area contributed by atoms with Gasteiger partial charge >= 0.3 is 0 Å². The first-order chi connectivity index (χ1) is 11.3. The number of nitriles is 1. The van der Waals surface area contributed by atoms with Crippen LogP contribution in [0.15, 0.2) is 30.3 Å². The average Bonchev–Trinajstić information content (AvgIpc) is 2.94. The zero-order chi connectivity index (χ0) is 16.2. The number of aromatic amines is 1. The Bertz CT molecular complexity index is 880. The van der Waals surface area contributed by atoms with Crippen molar-refractivity contribution in [1.29, 1.82) is 5.26 Å². The van der Waals surface area contributed by atoms with E-state index in [4.69, 9.17) is 9.84 Å². The number of imidazole rings is 1. The predicted molar refractivity (Wildman–Crippen MR) is 87.3 cm³/mol. The van der Waals surface area contributed by atoms with E-state index in [0.717, 1.165) is 28.1 Å². The van der Waals surface area contributed by atoms with Crippen LogP contribution in [-0.4, -0.2) is 36.5 Å². The molecule has 0 unspecified atom stereocenters. The number of nitrogens with zero attached hydrogens (tertiary/aromatic N) is 2.